The van der Waals surface area contributed by atoms with Gasteiger partial charge in [0, 0.05) is 17.3 Å². The Morgan fingerprint density at radius 2 is 2.13 bits per heavy atom. The van der Waals surface area contributed by atoms with E-state index in [0.29, 0.717) is 30.5 Å². The lowest BCUT2D eigenvalue weighted by Crippen LogP contribution is -2.11. The highest BCUT2D eigenvalue weighted by Crippen LogP contribution is 2.17. The zero-order valence-corrected chi connectivity index (χ0v) is 8.93. The Balaban J connectivity index is 2.31. The lowest BCUT2D eigenvalue weighted by Gasteiger charge is -2.07. The molecular formula is C10H13ClFNO2. The Bertz CT molecular complexity index is 289. The monoisotopic (exact) mass is 233 g/mol. The first-order chi connectivity index (χ1) is 7.22. The second-order valence-corrected chi connectivity index (χ2v) is 3.36. The molecule has 0 heterocycles. The van der Waals surface area contributed by atoms with Gasteiger partial charge in [-0.2, -0.15) is 0 Å². The van der Waals surface area contributed by atoms with Crippen molar-refractivity contribution in [1.29, 1.82) is 0 Å². The van der Waals surface area contributed by atoms with Crippen LogP contribution in [0, 0.1) is 5.82 Å². The number of halogens is 2. The van der Waals surface area contributed by atoms with Crippen LogP contribution in [0.3, 0.4) is 0 Å². The summed E-state index contributed by atoms with van der Waals surface area (Å²) >= 11 is 5.67. The van der Waals surface area contributed by atoms with Crippen molar-refractivity contribution in [2.45, 2.75) is 0 Å². The maximum atomic E-state index is 12.9. The summed E-state index contributed by atoms with van der Waals surface area (Å²) in [4.78, 5) is 0. The topological polar surface area (TPSA) is 41.5 Å². The predicted octanol–water partition coefficient (Wildman–Crippen LogP) is 1.90. The lowest BCUT2D eigenvalue weighted by atomic mass is 10.3. The van der Waals surface area contributed by atoms with E-state index in [1.165, 1.54) is 12.1 Å². The summed E-state index contributed by atoms with van der Waals surface area (Å²) in [6.45, 7) is 1.31. The van der Waals surface area contributed by atoms with E-state index < -0.39 is 0 Å². The lowest BCUT2D eigenvalue weighted by molar-refractivity contribution is 0.0992. The summed E-state index contributed by atoms with van der Waals surface area (Å²) < 4.78 is 17.9. The van der Waals surface area contributed by atoms with E-state index >= 15 is 0 Å². The Morgan fingerprint density at radius 1 is 1.33 bits per heavy atom. The summed E-state index contributed by atoms with van der Waals surface area (Å²) in [5.74, 6) is -0.374. The number of aliphatic hydroxyl groups excluding tert-OH is 1. The molecule has 0 bridgehead atoms. The Hall–Kier alpha value is -0.840. The van der Waals surface area contributed by atoms with E-state index in [9.17, 15) is 4.39 Å². The van der Waals surface area contributed by atoms with Gasteiger partial charge in [0.05, 0.1) is 19.8 Å². The van der Waals surface area contributed by atoms with Crippen LogP contribution in [0.4, 0.5) is 10.1 Å². The predicted molar refractivity (Wildman–Crippen MR) is 57.8 cm³/mol. The van der Waals surface area contributed by atoms with Gasteiger partial charge < -0.3 is 15.2 Å². The van der Waals surface area contributed by atoms with Crippen LogP contribution in [0.5, 0.6) is 0 Å². The van der Waals surface area contributed by atoms with Crippen molar-refractivity contribution in [1.82, 2.24) is 0 Å². The fraction of sp³-hybridized carbons (Fsp3) is 0.400. The van der Waals surface area contributed by atoms with Crippen molar-refractivity contribution in [2.75, 3.05) is 31.7 Å². The fourth-order valence-corrected chi connectivity index (χ4v) is 1.31. The minimum Gasteiger partial charge on any atom is -0.394 e. The highest BCUT2D eigenvalue weighted by Gasteiger charge is 1.98. The van der Waals surface area contributed by atoms with Crippen molar-refractivity contribution < 1.29 is 14.2 Å². The van der Waals surface area contributed by atoms with Gasteiger partial charge in [-0.1, -0.05) is 11.6 Å². The van der Waals surface area contributed by atoms with E-state index in [0.717, 1.165) is 0 Å². The molecule has 0 aliphatic rings. The highest BCUT2D eigenvalue weighted by molar-refractivity contribution is 6.30. The summed E-state index contributed by atoms with van der Waals surface area (Å²) in [5.41, 5.74) is 0.618. The largest absolute Gasteiger partial charge is 0.394 e. The third kappa shape index (κ3) is 4.97. The number of rotatable bonds is 6. The number of anilines is 1. The molecule has 0 radical (unpaired) electrons. The first kappa shape index (κ1) is 12.2. The van der Waals surface area contributed by atoms with E-state index in [1.807, 2.05) is 0 Å². The van der Waals surface area contributed by atoms with E-state index in [-0.39, 0.29) is 12.4 Å². The highest BCUT2D eigenvalue weighted by atomic mass is 35.5. The molecule has 0 atom stereocenters. The van der Waals surface area contributed by atoms with Crippen molar-refractivity contribution in [3.63, 3.8) is 0 Å². The number of benzene rings is 1. The molecule has 0 saturated carbocycles. The van der Waals surface area contributed by atoms with Crippen LogP contribution >= 0.6 is 11.6 Å². The van der Waals surface area contributed by atoms with E-state index in [2.05, 4.69) is 5.32 Å². The molecule has 5 heteroatoms. The second-order valence-electron chi connectivity index (χ2n) is 2.92. The molecule has 0 fully saturated rings. The zero-order chi connectivity index (χ0) is 11.1. The molecule has 0 aliphatic carbocycles. The molecule has 0 unspecified atom stereocenters. The van der Waals surface area contributed by atoms with Gasteiger partial charge in [-0.3, -0.25) is 0 Å². The molecule has 1 aromatic rings. The second kappa shape index (κ2) is 6.61. The minimum absolute atomic E-state index is 0.00575. The van der Waals surface area contributed by atoms with Gasteiger partial charge in [-0.25, -0.2) is 4.39 Å². The number of hydrogen-bond donors (Lipinski definition) is 2. The van der Waals surface area contributed by atoms with Crippen LogP contribution < -0.4 is 5.32 Å². The van der Waals surface area contributed by atoms with Gasteiger partial charge >= 0.3 is 0 Å². The Labute approximate surface area is 92.8 Å². The number of nitrogens with one attached hydrogen (secondary N) is 1. The Morgan fingerprint density at radius 3 is 2.80 bits per heavy atom. The maximum Gasteiger partial charge on any atom is 0.126 e. The summed E-state index contributed by atoms with van der Waals surface area (Å²) in [5, 5.41) is 11.8. The van der Waals surface area contributed by atoms with Crippen molar-refractivity contribution in [3.8, 4) is 0 Å². The van der Waals surface area contributed by atoms with Gasteiger partial charge in [0.15, 0.2) is 0 Å². The molecule has 84 valence electrons. The van der Waals surface area contributed by atoms with Crippen molar-refractivity contribution >= 4 is 17.3 Å². The molecule has 0 aliphatic heterocycles. The molecule has 0 aromatic heterocycles. The van der Waals surface area contributed by atoms with E-state index in [4.69, 9.17) is 21.4 Å². The van der Waals surface area contributed by atoms with Crippen LogP contribution in [0.25, 0.3) is 0 Å². The van der Waals surface area contributed by atoms with Crippen LogP contribution in [0.15, 0.2) is 18.2 Å². The normalized spacial score (nSPS) is 10.3. The quantitative estimate of drug-likeness (QED) is 0.738. The van der Waals surface area contributed by atoms with Gasteiger partial charge in [0.2, 0.25) is 0 Å². The van der Waals surface area contributed by atoms with Crippen molar-refractivity contribution in [2.24, 2.45) is 0 Å². The molecule has 0 spiro atoms. The minimum atomic E-state index is -0.374. The molecule has 1 rings (SSSR count). The summed E-state index contributed by atoms with van der Waals surface area (Å²) in [6.07, 6.45) is 0. The number of hydrogen-bond acceptors (Lipinski definition) is 3. The number of ether oxygens (including phenoxy) is 1. The van der Waals surface area contributed by atoms with Gasteiger partial charge in [0.25, 0.3) is 0 Å². The zero-order valence-electron chi connectivity index (χ0n) is 8.17. The average Bonchev–Trinajstić information content (AvgIpc) is 2.16. The maximum absolute atomic E-state index is 12.9. The number of aliphatic hydroxyl groups is 1. The molecule has 15 heavy (non-hydrogen) atoms. The fourth-order valence-electron chi connectivity index (χ4n) is 1.09. The van der Waals surface area contributed by atoms with Crippen LogP contribution in [0.2, 0.25) is 5.02 Å². The molecule has 3 nitrogen and oxygen atoms in total. The molecule has 2 N–H and O–H groups in total. The molecule has 0 saturated heterocycles. The Kier molecular flexibility index (Phi) is 5.39. The third-order valence-corrected chi connectivity index (χ3v) is 1.89. The SMILES string of the molecule is OCCOCCNc1cc(F)cc(Cl)c1. The molecular weight excluding hydrogens is 221 g/mol. The summed E-state index contributed by atoms with van der Waals surface area (Å²) in [6, 6.07) is 4.24. The van der Waals surface area contributed by atoms with Gasteiger partial charge in [-0.05, 0) is 18.2 Å². The first-order valence-corrected chi connectivity index (χ1v) is 4.99. The van der Waals surface area contributed by atoms with E-state index in [1.54, 1.807) is 6.07 Å². The third-order valence-electron chi connectivity index (χ3n) is 1.67. The van der Waals surface area contributed by atoms with Crippen LogP contribution in [0.1, 0.15) is 0 Å². The average molecular weight is 234 g/mol. The molecule has 0 amide bonds. The summed E-state index contributed by atoms with van der Waals surface area (Å²) in [7, 11) is 0. The van der Waals surface area contributed by atoms with Crippen LogP contribution in [-0.2, 0) is 4.74 Å². The van der Waals surface area contributed by atoms with Gasteiger partial charge in [-0.15, -0.1) is 0 Å². The van der Waals surface area contributed by atoms with Gasteiger partial charge in [0.1, 0.15) is 5.82 Å². The smallest absolute Gasteiger partial charge is 0.126 e. The molecule has 1 aromatic carbocycles. The first-order valence-electron chi connectivity index (χ1n) is 4.61. The van der Waals surface area contributed by atoms with Crippen LogP contribution in [-0.4, -0.2) is 31.5 Å². The van der Waals surface area contributed by atoms with Crippen molar-refractivity contribution in [3.05, 3.63) is 29.0 Å². The standard InChI is InChI=1S/C10H13ClFNO2/c11-8-5-9(12)7-10(6-8)13-1-3-15-4-2-14/h5-7,13-14H,1-4H2.